The molecule has 0 aliphatic carbocycles. The van der Waals surface area contributed by atoms with Gasteiger partial charge < -0.3 is 20.3 Å². The van der Waals surface area contributed by atoms with E-state index in [1.54, 1.807) is 29.4 Å². The molecule has 0 radical (unpaired) electrons. The first-order valence-corrected chi connectivity index (χ1v) is 8.84. The standard InChI is InChI=1S/C19H24N6O2/c1-19(2,3)24-17-16-13(5-9-25(18(16)27)8-4-10-26)11-14(23-17)22-15-12-20-6-7-21-15/h5-7,9,11-12,26H,4,8,10H2,1-3H3,(H2,21,22,23,24). The second kappa shape index (κ2) is 7.71. The van der Waals surface area contributed by atoms with Crippen LogP contribution in [0.3, 0.4) is 0 Å². The predicted molar refractivity (Wildman–Crippen MR) is 106 cm³/mol. The largest absolute Gasteiger partial charge is 0.396 e. The zero-order valence-electron chi connectivity index (χ0n) is 15.7. The number of aromatic nitrogens is 4. The van der Waals surface area contributed by atoms with Gasteiger partial charge in [-0.2, -0.15) is 0 Å². The summed E-state index contributed by atoms with van der Waals surface area (Å²) in [4.78, 5) is 25.8. The Hall–Kier alpha value is -3.00. The van der Waals surface area contributed by atoms with Crippen LogP contribution < -0.4 is 16.2 Å². The van der Waals surface area contributed by atoms with Crippen LogP contribution in [0.1, 0.15) is 27.2 Å². The Morgan fingerprint density at radius 1 is 1.22 bits per heavy atom. The van der Waals surface area contributed by atoms with Gasteiger partial charge in [-0.15, -0.1) is 0 Å². The molecule has 8 nitrogen and oxygen atoms in total. The SMILES string of the molecule is CC(C)(C)Nc1nc(Nc2cnccn2)cc2ccn(CCCO)c(=O)c12. The molecule has 0 spiro atoms. The highest BCUT2D eigenvalue weighted by Gasteiger charge is 2.17. The van der Waals surface area contributed by atoms with E-state index in [0.717, 1.165) is 5.39 Å². The van der Waals surface area contributed by atoms with Gasteiger partial charge in [-0.1, -0.05) is 0 Å². The van der Waals surface area contributed by atoms with E-state index in [9.17, 15) is 4.79 Å². The fourth-order valence-corrected chi connectivity index (χ4v) is 2.72. The number of rotatable bonds is 6. The maximum absolute atomic E-state index is 13.0. The van der Waals surface area contributed by atoms with Crippen molar-refractivity contribution in [3.63, 3.8) is 0 Å². The number of hydrogen-bond donors (Lipinski definition) is 3. The van der Waals surface area contributed by atoms with Gasteiger partial charge in [0.25, 0.3) is 5.56 Å². The molecule has 3 N–H and O–H groups in total. The molecule has 3 heterocycles. The van der Waals surface area contributed by atoms with Crippen molar-refractivity contribution in [1.82, 2.24) is 19.5 Å². The Labute approximate surface area is 157 Å². The molecular weight excluding hydrogens is 344 g/mol. The van der Waals surface area contributed by atoms with E-state index in [0.29, 0.717) is 35.8 Å². The summed E-state index contributed by atoms with van der Waals surface area (Å²) in [6, 6.07) is 3.70. The van der Waals surface area contributed by atoms with E-state index >= 15 is 0 Å². The Balaban J connectivity index is 2.11. The molecule has 0 aliphatic rings. The fraction of sp³-hybridized carbons (Fsp3) is 0.368. The van der Waals surface area contributed by atoms with Crippen LogP contribution in [0.5, 0.6) is 0 Å². The van der Waals surface area contributed by atoms with Crippen molar-refractivity contribution >= 4 is 28.2 Å². The number of hydrogen-bond acceptors (Lipinski definition) is 7. The van der Waals surface area contributed by atoms with Gasteiger partial charge in [0.1, 0.15) is 17.5 Å². The van der Waals surface area contributed by atoms with Crippen LogP contribution in [0.15, 0.2) is 41.7 Å². The second-order valence-corrected chi connectivity index (χ2v) is 7.30. The molecule has 3 aromatic rings. The lowest BCUT2D eigenvalue weighted by atomic mass is 10.1. The van der Waals surface area contributed by atoms with E-state index in [1.165, 1.54) is 0 Å². The molecule has 8 heteroatoms. The van der Waals surface area contributed by atoms with Gasteiger partial charge >= 0.3 is 0 Å². The van der Waals surface area contributed by atoms with Crippen LogP contribution in [0.25, 0.3) is 10.8 Å². The molecule has 3 rings (SSSR count). The Kier molecular flexibility index (Phi) is 5.36. The average molecular weight is 368 g/mol. The van der Waals surface area contributed by atoms with Gasteiger partial charge in [0.05, 0.1) is 11.6 Å². The highest BCUT2D eigenvalue weighted by atomic mass is 16.3. The highest BCUT2D eigenvalue weighted by molar-refractivity contribution is 5.93. The summed E-state index contributed by atoms with van der Waals surface area (Å²) in [6.45, 7) is 6.53. The number of nitrogens with one attached hydrogen (secondary N) is 2. The van der Waals surface area contributed by atoms with Crippen LogP contribution in [-0.4, -0.2) is 36.8 Å². The summed E-state index contributed by atoms with van der Waals surface area (Å²) in [5.41, 5.74) is -0.408. The van der Waals surface area contributed by atoms with E-state index in [1.807, 2.05) is 32.9 Å². The van der Waals surface area contributed by atoms with Crippen molar-refractivity contribution < 1.29 is 5.11 Å². The van der Waals surface area contributed by atoms with Gasteiger partial charge in [0, 0.05) is 37.3 Å². The third-order valence-electron chi connectivity index (χ3n) is 3.83. The van der Waals surface area contributed by atoms with Crippen LogP contribution >= 0.6 is 0 Å². The summed E-state index contributed by atoms with van der Waals surface area (Å²) in [5.74, 6) is 1.65. The van der Waals surface area contributed by atoms with Crippen molar-refractivity contribution in [3.05, 3.63) is 47.3 Å². The van der Waals surface area contributed by atoms with Gasteiger partial charge in [0.2, 0.25) is 0 Å². The molecule has 3 aromatic heterocycles. The van der Waals surface area contributed by atoms with Crippen LogP contribution in [-0.2, 0) is 6.54 Å². The Bertz CT molecular complexity index is 979. The minimum Gasteiger partial charge on any atom is -0.396 e. The van der Waals surface area contributed by atoms with E-state index < -0.39 is 0 Å². The van der Waals surface area contributed by atoms with E-state index in [2.05, 4.69) is 25.6 Å². The molecule has 0 saturated carbocycles. The summed E-state index contributed by atoms with van der Waals surface area (Å²) in [5, 5.41) is 16.8. The molecule has 0 fully saturated rings. The molecule has 0 bridgehead atoms. The molecule has 0 atom stereocenters. The minimum atomic E-state index is -0.274. The zero-order chi connectivity index (χ0) is 19.4. The number of aliphatic hydroxyl groups is 1. The summed E-state index contributed by atoms with van der Waals surface area (Å²) in [7, 11) is 0. The lowest BCUT2D eigenvalue weighted by molar-refractivity contribution is 0.279. The third kappa shape index (κ3) is 4.59. The lowest BCUT2D eigenvalue weighted by Gasteiger charge is -2.23. The number of nitrogens with zero attached hydrogens (tertiary/aromatic N) is 4. The van der Waals surface area contributed by atoms with Gasteiger partial charge in [0.15, 0.2) is 0 Å². The van der Waals surface area contributed by atoms with E-state index in [4.69, 9.17) is 5.11 Å². The number of aryl methyl sites for hydroxylation is 1. The Morgan fingerprint density at radius 2 is 2.04 bits per heavy atom. The summed E-state index contributed by atoms with van der Waals surface area (Å²) >= 11 is 0. The first kappa shape index (κ1) is 18.8. The Morgan fingerprint density at radius 3 is 2.70 bits per heavy atom. The molecule has 0 amide bonds. The van der Waals surface area contributed by atoms with Gasteiger partial charge in [-0.05, 0) is 44.7 Å². The molecular formula is C19H24N6O2. The average Bonchev–Trinajstić information content (AvgIpc) is 2.60. The van der Waals surface area contributed by atoms with Gasteiger partial charge in [-0.3, -0.25) is 9.78 Å². The molecule has 142 valence electrons. The maximum Gasteiger partial charge on any atom is 0.262 e. The van der Waals surface area contributed by atoms with Crippen molar-refractivity contribution in [2.45, 2.75) is 39.3 Å². The lowest BCUT2D eigenvalue weighted by Crippen LogP contribution is -2.29. The maximum atomic E-state index is 13.0. The third-order valence-corrected chi connectivity index (χ3v) is 3.83. The zero-order valence-corrected chi connectivity index (χ0v) is 15.7. The second-order valence-electron chi connectivity index (χ2n) is 7.30. The topological polar surface area (TPSA) is 105 Å². The van der Waals surface area contributed by atoms with Crippen molar-refractivity contribution in [1.29, 1.82) is 0 Å². The summed E-state index contributed by atoms with van der Waals surface area (Å²) in [6.07, 6.45) is 7.06. The van der Waals surface area contributed by atoms with Crippen LogP contribution in [0.4, 0.5) is 17.5 Å². The predicted octanol–water partition coefficient (Wildman–Crippen LogP) is 2.52. The quantitative estimate of drug-likeness (QED) is 0.614. The first-order valence-electron chi connectivity index (χ1n) is 8.84. The molecule has 0 unspecified atom stereocenters. The number of fused-ring (bicyclic) bond motifs is 1. The van der Waals surface area contributed by atoms with E-state index in [-0.39, 0.29) is 17.7 Å². The monoisotopic (exact) mass is 368 g/mol. The van der Waals surface area contributed by atoms with Crippen molar-refractivity contribution in [3.8, 4) is 0 Å². The van der Waals surface area contributed by atoms with Crippen molar-refractivity contribution in [2.24, 2.45) is 0 Å². The van der Waals surface area contributed by atoms with Crippen LogP contribution in [0, 0.1) is 0 Å². The van der Waals surface area contributed by atoms with Gasteiger partial charge in [-0.25, -0.2) is 9.97 Å². The highest BCUT2D eigenvalue weighted by Crippen LogP contribution is 2.25. The molecule has 0 aromatic carbocycles. The fourth-order valence-electron chi connectivity index (χ4n) is 2.72. The summed E-state index contributed by atoms with van der Waals surface area (Å²) < 4.78 is 1.60. The normalized spacial score (nSPS) is 11.6. The number of aliphatic hydroxyl groups excluding tert-OH is 1. The van der Waals surface area contributed by atoms with Crippen molar-refractivity contribution in [2.75, 3.05) is 17.2 Å². The smallest absolute Gasteiger partial charge is 0.262 e. The number of pyridine rings is 2. The molecule has 27 heavy (non-hydrogen) atoms. The molecule has 0 saturated heterocycles. The number of anilines is 3. The first-order chi connectivity index (χ1) is 12.9. The molecule has 0 aliphatic heterocycles. The van der Waals surface area contributed by atoms with Crippen LogP contribution in [0.2, 0.25) is 0 Å². The minimum absolute atomic E-state index is 0.0385.